The summed E-state index contributed by atoms with van der Waals surface area (Å²) in [6, 6.07) is 5.46. The van der Waals surface area contributed by atoms with Gasteiger partial charge in [-0.05, 0) is 0 Å². The number of rotatable bonds is 4. The van der Waals surface area contributed by atoms with Crippen molar-refractivity contribution in [3.63, 3.8) is 0 Å². The Bertz CT molecular complexity index is 306. The molecule has 3 nitrogen and oxygen atoms in total. The summed E-state index contributed by atoms with van der Waals surface area (Å²) in [6.07, 6.45) is -1.42. The minimum atomic E-state index is -3.28. The van der Waals surface area contributed by atoms with Crippen LogP contribution in [0.5, 0.6) is 0 Å². The Kier molecular flexibility index (Phi) is 3.73. The zero-order chi connectivity index (χ0) is 11.5. The monoisotopic (exact) mass is 216 g/mol. The highest BCUT2D eigenvalue weighted by atomic mass is 19.3. The first-order valence-electron chi connectivity index (χ1n) is 4.57. The van der Waals surface area contributed by atoms with Crippen LogP contribution in [0.25, 0.3) is 0 Å². The normalized spacial score (nSPS) is 16.1. The van der Waals surface area contributed by atoms with Crippen molar-refractivity contribution < 1.29 is 13.9 Å². The molecule has 15 heavy (non-hydrogen) atoms. The number of halogens is 2. The summed E-state index contributed by atoms with van der Waals surface area (Å²) >= 11 is 0. The van der Waals surface area contributed by atoms with Gasteiger partial charge in [-0.2, -0.15) is 8.78 Å². The van der Waals surface area contributed by atoms with Gasteiger partial charge in [-0.15, -0.1) is 0 Å². The van der Waals surface area contributed by atoms with E-state index < -0.39 is 18.1 Å². The number of hydrogen-bond donors (Lipinski definition) is 3. The molecule has 0 aromatic heterocycles. The summed E-state index contributed by atoms with van der Waals surface area (Å²) in [7, 11) is 0. The van der Waals surface area contributed by atoms with E-state index in [4.69, 9.17) is 11.5 Å². The van der Waals surface area contributed by atoms with Crippen LogP contribution in [0.4, 0.5) is 8.78 Å². The van der Waals surface area contributed by atoms with Gasteiger partial charge in [0.2, 0.25) is 0 Å². The second kappa shape index (κ2) is 4.65. The second-order valence-corrected chi connectivity index (χ2v) is 3.32. The molecule has 5 N–H and O–H groups in total. The van der Waals surface area contributed by atoms with E-state index in [1.54, 1.807) is 6.07 Å². The Morgan fingerprint density at radius 2 is 1.80 bits per heavy atom. The Morgan fingerprint density at radius 3 is 2.27 bits per heavy atom. The first-order chi connectivity index (χ1) is 7.00. The van der Waals surface area contributed by atoms with Gasteiger partial charge in [0.1, 0.15) is 6.04 Å². The number of aliphatic hydroxyl groups excluding tert-OH is 1. The van der Waals surface area contributed by atoms with Crippen LogP contribution in [-0.4, -0.2) is 23.8 Å². The molecule has 0 spiro atoms. The van der Waals surface area contributed by atoms with E-state index in [0.29, 0.717) is 0 Å². The van der Waals surface area contributed by atoms with E-state index in [1.165, 1.54) is 24.3 Å². The maximum absolute atomic E-state index is 13.6. The van der Waals surface area contributed by atoms with Crippen LogP contribution >= 0.6 is 0 Å². The molecule has 0 saturated heterocycles. The molecule has 0 aliphatic heterocycles. The van der Waals surface area contributed by atoms with Crippen molar-refractivity contribution in [3.05, 3.63) is 35.9 Å². The molecule has 0 heterocycles. The molecule has 0 fully saturated rings. The molecule has 1 aromatic rings. The quantitative estimate of drug-likeness (QED) is 0.683. The molecular weight excluding hydrogens is 202 g/mol. The molecule has 0 amide bonds. The summed E-state index contributed by atoms with van der Waals surface area (Å²) in [4.78, 5) is 0. The van der Waals surface area contributed by atoms with E-state index in [0.717, 1.165) is 0 Å². The number of benzene rings is 1. The van der Waals surface area contributed by atoms with Crippen LogP contribution in [0, 0.1) is 0 Å². The first-order valence-corrected chi connectivity index (χ1v) is 4.57. The van der Waals surface area contributed by atoms with Gasteiger partial charge in [-0.3, -0.25) is 0 Å². The molecule has 5 heteroatoms. The number of aliphatic hydroxyl groups is 1. The highest BCUT2D eigenvalue weighted by molar-refractivity contribution is 5.22. The van der Waals surface area contributed by atoms with Crippen LogP contribution in [0.15, 0.2) is 30.3 Å². The van der Waals surface area contributed by atoms with Gasteiger partial charge in [0, 0.05) is 12.1 Å². The van der Waals surface area contributed by atoms with Crippen molar-refractivity contribution in [2.24, 2.45) is 11.5 Å². The third-order valence-electron chi connectivity index (χ3n) is 2.23. The van der Waals surface area contributed by atoms with Gasteiger partial charge >= 0.3 is 0 Å². The summed E-state index contributed by atoms with van der Waals surface area (Å²) in [5.74, 6) is -3.28. The Balaban J connectivity index is 2.92. The fourth-order valence-electron chi connectivity index (χ4n) is 1.24. The molecular formula is C10H14F2N2O. The average molecular weight is 216 g/mol. The topological polar surface area (TPSA) is 72.3 Å². The van der Waals surface area contributed by atoms with Crippen LogP contribution < -0.4 is 11.5 Å². The Hall–Kier alpha value is -1.04. The number of hydrogen-bond acceptors (Lipinski definition) is 3. The number of nitrogens with two attached hydrogens (primary N) is 2. The van der Waals surface area contributed by atoms with Gasteiger partial charge < -0.3 is 16.6 Å². The maximum atomic E-state index is 13.6. The Labute approximate surface area is 86.7 Å². The zero-order valence-electron chi connectivity index (χ0n) is 8.11. The lowest BCUT2D eigenvalue weighted by Crippen LogP contribution is -2.50. The molecule has 1 rings (SSSR count). The number of alkyl halides is 2. The van der Waals surface area contributed by atoms with Gasteiger partial charge in [0.25, 0.3) is 5.92 Å². The maximum Gasteiger partial charge on any atom is 0.290 e. The fraction of sp³-hybridized carbons (Fsp3) is 0.400. The van der Waals surface area contributed by atoms with Crippen molar-refractivity contribution in [2.75, 3.05) is 6.54 Å². The van der Waals surface area contributed by atoms with Crippen LogP contribution in [0.2, 0.25) is 0 Å². The largest absolute Gasteiger partial charge is 0.390 e. The van der Waals surface area contributed by atoms with Crippen molar-refractivity contribution in [1.29, 1.82) is 0 Å². The molecule has 2 unspecified atom stereocenters. The van der Waals surface area contributed by atoms with Crippen LogP contribution in [0.3, 0.4) is 0 Å². The van der Waals surface area contributed by atoms with E-state index in [1.807, 2.05) is 0 Å². The summed E-state index contributed by atoms with van der Waals surface area (Å²) in [5.41, 5.74) is 10.1. The first kappa shape index (κ1) is 12.0. The predicted octanol–water partition coefficient (Wildman–Crippen LogP) is 0.425. The second-order valence-electron chi connectivity index (χ2n) is 3.32. The summed E-state index contributed by atoms with van der Waals surface area (Å²) in [6.45, 7) is -0.288. The smallest absolute Gasteiger partial charge is 0.290 e. The van der Waals surface area contributed by atoms with Gasteiger partial charge in [-0.25, -0.2) is 0 Å². The summed E-state index contributed by atoms with van der Waals surface area (Å²) < 4.78 is 27.3. The molecule has 0 radical (unpaired) electrons. The molecule has 0 saturated carbocycles. The third-order valence-corrected chi connectivity index (χ3v) is 2.23. The van der Waals surface area contributed by atoms with Gasteiger partial charge in [-0.1, -0.05) is 30.3 Å². The third kappa shape index (κ3) is 2.50. The fourth-order valence-corrected chi connectivity index (χ4v) is 1.24. The van der Waals surface area contributed by atoms with E-state index in [2.05, 4.69) is 0 Å². The highest BCUT2D eigenvalue weighted by Gasteiger charge is 2.42. The Morgan fingerprint density at radius 1 is 1.27 bits per heavy atom. The predicted molar refractivity (Wildman–Crippen MR) is 53.4 cm³/mol. The SMILES string of the molecule is NCC(O)C(N)C(F)(F)c1ccccc1. The molecule has 84 valence electrons. The van der Waals surface area contributed by atoms with Crippen molar-refractivity contribution >= 4 is 0 Å². The molecule has 0 bridgehead atoms. The molecule has 2 atom stereocenters. The zero-order valence-corrected chi connectivity index (χ0v) is 8.11. The van der Waals surface area contributed by atoms with Crippen LogP contribution in [-0.2, 0) is 5.92 Å². The van der Waals surface area contributed by atoms with E-state index >= 15 is 0 Å². The lowest BCUT2D eigenvalue weighted by Gasteiger charge is -2.27. The average Bonchev–Trinajstić information content (AvgIpc) is 2.28. The highest BCUT2D eigenvalue weighted by Crippen LogP contribution is 2.31. The standard InChI is InChI=1S/C10H14F2N2O/c11-10(12,9(14)8(15)6-13)7-4-2-1-3-5-7/h1-5,8-9,15H,6,13-14H2. The molecule has 0 aliphatic carbocycles. The van der Waals surface area contributed by atoms with E-state index in [9.17, 15) is 13.9 Å². The minimum absolute atomic E-state index is 0.218. The minimum Gasteiger partial charge on any atom is -0.390 e. The lowest BCUT2D eigenvalue weighted by atomic mass is 9.97. The van der Waals surface area contributed by atoms with Crippen molar-refractivity contribution in [2.45, 2.75) is 18.1 Å². The van der Waals surface area contributed by atoms with Crippen molar-refractivity contribution in [1.82, 2.24) is 0 Å². The van der Waals surface area contributed by atoms with Crippen LogP contribution in [0.1, 0.15) is 5.56 Å². The molecule has 0 aliphatic rings. The van der Waals surface area contributed by atoms with Gasteiger partial charge in [0.15, 0.2) is 0 Å². The van der Waals surface area contributed by atoms with Crippen molar-refractivity contribution in [3.8, 4) is 0 Å². The molecule has 1 aromatic carbocycles. The van der Waals surface area contributed by atoms with E-state index in [-0.39, 0.29) is 12.1 Å². The van der Waals surface area contributed by atoms with Gasteiger partial charge in [0.05, 0.1) is 6.10 Å². The summed E-state index contributed by atoms with van der Waals surface area (Å²) in [5, 5.41) is 9.19. The lowest BCUT2D eigenvalue weighted by molar-refractivity contribution is -0.0686.